The van der Waals surface area contributed by atoms with Crippen LogP contribution in [0.4, 0.5) is 11.6 Å². The minimum Gasteiger partial charge on any atom is -0.325 e. The zero-order chi connectivity index (χ0) is 22.6. The number of hydrogen-bond acceptors (Lipinski definition) is 8. The summed E-state index contributed by atoms with van der Waals surface area (Å²) >= 11 is 0. The van der Waals surface area contributed by atoms with Gasteiger partial charge in [-0.3, -0.25) is 4.68 Å². The number of aromatic nitrogens is 8. The van der Waals surface area contributed by atoms with Crippen LogP contribution in [-0.4, -0.2) is 39.9 Å². The van der Waals surface area contributed by atoms with Crippen LogP contribution in [0.25, 0.3) is 22.8 Å². The zero-order valence-corrected chi connectivity index (χ0v) is 18.2. The molecule has 162 valence electrons. The third-order valence-electron chi connectivity index (χ3n) is 4.95. The van der Waals surface area contributed by atoms with Gasteiger partial charge in [-0.05, 0) is 36.8 Å². The Bertz CT molecular complexity index is 1390. The summed E-state index contributed by atoms with van der Waals surface area (Å²) < 4.78 is 1.69. The molecule has 5 aromatic rings. The van der Waals surface area contributed by atoms with Crippen LogP contribution in [0.15, 0.2) is 73.2 Å². The molecule has 0 amide bonds. The number of rotatable bonds is 6. The van der Waals surface area contributed by atoms with Gasteiger partial charge in [0.1, 0.15) is 28.8 Å². The SMILES string of the molecule is Cc1cccc(-c2nccc(Nc3ccnc(Cc4ccc(-c5cn(C)nn5)cc4)n3)n2)n1. The third-order valence-corrected chi connectivity index (χ3v) is 4.95. The molecule has 0 unspecified atom stereocenters. The molecular formula is C24H21N9. The molecule has 4 aromatic heterocycles. The molecular weight excluding hydrogens is 414 g/mol. The van der Waals surface area contributed by atoms with Crippen molar-refractivity contribution >= 4 is 11.6 Å². The Morgan fingerprint density at radius 2 is 1.61 bits per heavy atom. The first-order valence-corrected chi connectivity index (χ1v) is 10.4. The van der Waals surface area contributed by atoms with E-state index in [0.717, 1.165) is 28.2 Å². The monoisotopic (exact) mass is 435 g/mol. The van der Waals surface area contributed by atoms with Crippen LogP contribution in [0, 0.1) is 6.92 Å². The lowest BCUT2D eigenvalue weighted by Crippen LogP contribution is -2.03. The summed E-state index contributed by atoms with van der Waals surface area (Å²) in [6, 6.07) is 17.6. The van der Waals surface area contributed by atoms with Gasteiger partial charge in [0.2, 0.25) is 0 Å². The molecule has 0 fully saturated rings. The molecule has 0 atom stereocenters. The summed E-state index contributed by atoms with van der Waals surface area (Å²) in [6.45, 7) is 1.94. The van der Waals surface area contributed by atoms with Crippen LogP contribution in [0.1, 0.15) is 17.1 Å². The molecule has 0 spiro atoms. The Labute approximate surface area is 190 Å². The number of hydrogen-bond donors (Lipinski definition) is 1. The van der Waals surface area contributed by atoms with Gasteiger partial charge >= 0.3 is 0 Å². The van der Waals surface area contributed by atoms with E-state index in [1.54, 1.807) is 23.1 Å². The van der Waals surface area contributed by atoms with Crippen molar-refractivity contribution < 1.29 is 0 Å². The van der Waals surface area contributed by atoms with E-state index < -0.39 is 0 Å². The van der Waals surface area contributed by atoms with Crippen molar-refractivity contribution in [3.05, 3.63) is 90.3 Å². The predicted octanol–water partition coefficient (Wildman–Crippen LogP) is 3.77. The Kier molecular flexibility index (Phi) is 5.50. The predicted molar refractivity (Wildman–Crippen MR) is 125 cm³/mol. The summed E-state index contributed by atoms with van der Waals surface area (Å²) in [6.07, 6.45) is 5.94. The van der Waals surface area contributed by atoms with Gasteiger partial charge in [0.05, 0.1) is 6.20 Å². The van der Waals surface area contributed by atoms with Crippen molar-refractivity contribution in [2.75, 3.05) is 5.32 Å². The van der Waals surface area contributed by atoms with Crippen LogP contribution >= 0.6 is 0 Å². The lowest BCUT2D eigenvalue weighted by atomic mass is 10.1. The summed E-state index contributed by atoms with van der Waals surface area (Å²) in [7, 11) is 1.85. The van der Waals surface area contributed by atoms with Crippen LogP contribution < -0.4 is 5.32 Å². The van der Waals surface area contributed by atoms with Crippen molar-refractivity contribution in [2.45, 2.75) is 13.3 Å². The average molecular weight is 435 g/mol. The van der Waals surface area contributed by atoms with Gasteiger partial charge in [-0.2, -0.15) is 0 Å². The lowest BCUT2D eigenvalue weighted by molar-refractivity contribution is 0.715. The highest BCUT2D eigenvalue weighted by Gasteiger charge is 2.08. The topological polar surface area (TPSA) is 107 Å². The second-order valence-electron chi connectivity index (χ2n) is 7.56. The first-order valence-electron chi connectivity index (χ1n) is 10.4. The number of anilines is 2. The van der Waals surface area contributed by atoms with E-state index in [9.17, 15) is 0 Å². The van der Waals surface area contributed by atoms with Gasteiger partial charge in [-0.15, -0.1) is 5.10 Å². The molecule has 0 saturated heterocycles. The van der Waals surface area contributed by atoms with E-state index in [4.69, 9.17) is 0 Å². The zero-order valence-electron chi connectivity index (χ0n) is 18.2. The molecule has 4 heterocycles. The van der Waals surface area contributed by atoms with E-state index >= 15 is 0 Å². The second-order valence-corrected chi connectivity index (χ2v) is 7.56. The Morgan fingerprint density at radius 1 is 0.818 bits per heavy atom. The van der Waals surface area contributed by atoms with Gasteiger partial charge < -0.3 is 5.32 Å². The molecule has 1 N–H and O–H groups in total. The number of nitrogens with zero attached hydrogens (tertiary/aromatic N) is 8. The standard InChI is InChI=1S/C24H21N9/c1-16-4-3-5-19(27-16)24-26-13-11-22(30-24)28-21-10-12-25-23(29-21)14-17-6-8-18(9-7-17)20-15-33(2)32-31-20/h3-13,15H,14H2,1-2H3,(H,25,26,28,29,30). The summed E-state index contributed by atoms with van der Waals surface area (Å²) in [5.41, 5.74) is 4.61. The van der Waals surface area contributed by atoms with Crippen LogP contribution in [0.3, 0.4) is 0 Å². The van der Waals surface area contributed by atoms with E-state index in [1.807, 2.05) is 56.6 Å². The molecule has 0 saturated carbocycles. The average Bonchev–Trinajstić information content (AvgIpc) is 3.26. The largest absolute Gasteiger partial charge is 0.325 e. The summed E-state index contributed by atoms with van der Waals surface area (Å²) in [5, 5.41) is 11.4. The molecule has 0 radical (unpaired) electrons. The molecule has 33 heavy (non-hydrogen) atoms. The number of benzene rings is 1. The van der Waals surface area contributed by atoms with E-state index in [0.29, 0.717) is 29.7 Å². The smallest absolute Gasteiger partial charge is 0.180 e. The van der Waals surface area contributed by atoms with Crippen molar-refractivity contribution in [2.24, 2.45) is 7.05 Å². The lowest BCUT2D eigenvalue weighted by Gasteiger charge is -2.08. The highest BCUT2D eigenvalue weighted by Crippen LogP contribution is 2.19. The van der Waals surface area contributed by atoms with Crippen molar-refractivity contribution in [3.63, 3.8) is 0 Å². The van der Waals surface area contributed by atoms with Gasteiger partial charge in [0.15, 0.2) is 5.82 Å². The van der Waals surface area contributed by atoms with E-state index in [1.165, 1.54) is 0 Å². The quantitative estimate of drug-likeness (QED) is 0.430. The fraction of sp³-hybridized carbons (Fsp3) is 0.125. The second kappa shape index (κ2) is 8.91. The molecule has 5 rings (SSSR count). The molecule has 9 nitrogen and oxygen atoms in total. The van der Waals surface area contributed by atoms with Crippen LogP contribution in [0.5, 0.6) is 0 Å². The molecule has 0 aliphatic carbocycles. The van der Waals surface area contributed by atoms with Crippen molar-refractivity contribution in [3.8, 4) is 22.8 Å². The van der Waals surface area contributed by atoms with Crippen molar-refractivity contribution in [1.29, 1.82) is 0 Å². The maximum Gasteiger partial charge on any atom is 0.180 e. The highest BCUT2D eigenvalue weighted by atomic mass is 15.4. The highest BCUT2D eigenvalue weighted by molar-refractivity contribution is 5.58. The van der Waals surface area contributed by atoms with Gasteiger partial charge in [0, 0.05) is 37.1 Å². The maximum atomic E-state index is 4.64. The fourth-order valence-corrected chi connectivity index (χ4v) is 3.36. The van der Waals surface area contributed by atoms with E-state index in [-0.39, 0.29) is 0 Å². The van der Waals surface area contributed by atoms with Gasteiger partial charge in [-0.25, -0.2) is 24.9 Å². The van der Waals surface area contributed by atoms with Gasteiger partial charge in [0.25, 0.3) is 0 Å². The number of pyridine rings is 1. The van der Waals surface area contributed by atoms with Crippen molar-refractivity contribution in [1.82, 2.24) is 39.9 Å². The first kappa shape index (κ1) is 20.4. The van der Waals surface area contributed by atoms with Crippen LogP contribution in [-0.2, 0) is 13.5 Å². The summed E-state index contributed by atoms with van der Waals surface area (Å²) in [4.78, 5) is 22.5. The molecule has 0 bridgehead atoms. The normalized spacial score (nSPS) is 10.8. The Morgan fingerprint density at radius 3 is 2.36 bits per heavy atom. The Balaban J connectivity index is 1.30. The van der Waals surface area contributed by atoms with Gasteiger partial charge in [-0.1, -0.05) is 35.5 Å². The molecule has 0 aliphatic heterocycles. The minimum atomic E-state index is 0.557. The maximum absolute atomic E-state index is 4.64. The van der Waals surface area contributed by atoms with Crippen LogP contribution in [0.2, 0.25) is 0 Å². The number of nitrogens with one attached hydrogen (secondary N) is 1. The minimum absolute atomic E-state index is 0.557. The molecule has 1 aromatic carbocycles. The Hall–Kier alpha value is -4.53. The molecule has 9 heteroatoms. The molecule has 0 aliphatic rings. The third kappa shape index (κ3) is 4.87. The number of aryl methyl sites for hydroxylation is 2. The summed E-state index contributed by atoms with van der Waals surface area (Å²) in [5.74, 6) is 2.57. The fourth-order valence-electron chi connectivity index (χ4n) is 3.36. The first-order chi connectivity index (χ1) is 16.1. The van der Waals surface area contributed by atoms with E-state index in [2.05, 4.69) is 52.7 Å².